The minimum absolute atomic E-state index is 0.150. The summed E-state index contributed by atoms with van der Waals surface area (Å²) in [5, 5.41) is 3.29. The molecule has 0 heterocycles. The van der Waals surface area contributed by atoms with Crippen LogP contribution in [0.2, 0.25) is 0 Å². The fraction of sp³-hybridized carbons (Fsp3) is 1.00. The Balaban J connectivity index is 2.67. The van der Waals surface area contributed by atoms with Gasteiger partial charge in [0.25, 0.3) is 0 Å². The Labute approximate surface area is 94.6 Å². The van der Waals surface area contributed by atoms with Crippen LogP contribution in [-0.2, 0) is 15.3 Å². The van der Waals surface area contributed by atoms with Crippen molar-refractivity contribution in [1.29, 1.82) is 1.12 Å². The van der Waals surface area contributed by atoms with Crippen LogP contribution in [0.5, 0.6) is 0 Å². The molecule has 0 saturated heterocycles. The van der Waals surface area contributed by atoms with Crippen molar-refractivity contribution < 1.29 is 4.18 Å². The first-order chi connectivity index (χ1) is 7.13. The monoisotopic (exact) mass is 232 g/mol. The second-order valence-electron chi connectivity index (χ2n) is 3.90. The van der Waals surface area contributed by atoms with Crippen molar-refractivity contribution in [2.75, 3.05) is 7.05 Å². The van der Waals surface area contributed by atoms with Crippen LogP contribution in [0.25, 0.3) is 0 Å². The fourth-order valence-corrected chi connectivity index (χ4v) is 3.27. The first kappa shape index (κ1) is 11.1. The lowest BCUT2D eigenvalue weighted by Crippen LogP contribution is -2.36. The summed E-state index contributed by atoms with van der Waals surface area (Å²) in [6.45, 7) is 4.44. The fourth-order valence-electron chi connectivity index (χ4n) is 2.36. The molecule has 5 atom stereocenters. The van der Waals surface area contributed by atoms with Gasteiger partial charge in [-0.25, -0.2) is 0 Å². The van der Waals surface area contributed by atoms with Gasteiger partial charge in [0.2, 0.25) is 0 Å². The van der Waals surface area contributed by atoms with Crippen LogP contribution in [0, 0.1) is 11.8 Å². The minimum atomic E-state index is -0.867. The molecule has 1 unspecified atom stereocenters. The number of thiol groups is 1. The summed E-state index contributed by atoms with van der Waals surface area (Å²) in [7, 11) is 7.90. The van der Waals surface area contributed by atoms with E-state index in [0.717, 1.165) is 6.42 Å². The van der Waals surface area contributed by atoms with E-state index >= 15 is 0 Å². The van der Waals surface area contributed by atoms with Gasteiger partial charge in [-0.1, -0.05) is 31.4 Å². The van der Waals surface area contributed by atoms with Crippen LogP contribution in [0.3, 0.4) is 0 Å². The summed E-state index contributed by atoms with van der Waals surface area (Å²) in [5.74, 6) is 1.23. The van der Waals surface area contributed by atoms with Gasteiger partial charge >= 0.3 is 0 Å². The number of hydrogen-bond acceptors (Lipinski definition) is 2. The third-order valence-electron chi connectivity index (χ3n) is 3.31. The molecule has 0 aromatic carbocycles. The topological polar surface area (TPSA) is 21.3 Å². The van der Waals surface area contributed by atoms with E-state index in [2.05, 4.69) is 19.2 Å². The molecule has 1 rings (SSSR count). The Bertz CT molecular complexity index is 242. The molecule has 5 heteroatoms. The normalized spacial score (nSPS) is 41.2. The molecule has 1 aliphatic carbocycles. The van der Waals surface area contributed by atoms with Crippen molar-refractivity contribution in [3.63, 3.8) is 0 Å². The zero-order valence-electron chi connectivity index (χ0n) is 10.1. The lowest BCUT2D eigenvalue weighted by atomic mass is 9.95. The second kappa shape index (κ2) is 6.27. The Morgan fingerprint density at radius 1 is 1.79 bits per heavy atom. The van der Waals surface area contributed by atoms with Crippen LogP contribution in [-0.4, -0.2) is 27.9 Å². The lowest BCUT2D eigenvalue weighted by Gasteiger charge is -2.21. The number of hydrogen-bond donors (Lipinski definition) is 2. The molecule has 0 spiro atoms. The molecule has 0 aliphatic heterocycles. The van der Waals surface area contributed by atoms with Gasteiger partial charge in [-0.3, -0.25) is 0 Å². The van der Waals surface area contributed by atoms with E-state index in [0.29, 0.717) is 25.1 Å². The highest BCUT2D eigenvalue weighted by Gasteiger charge is 2.39. The Morgan fingerprint density at radius 3 is 3.00 bits per heavy atom. The molecule has 1 saturated carbocycles. The van der Waals surface area contributed by atoms with E-state index in [1.165, 1.54) is 6.42 Å². The molecule has 0 bridgehead atoms. The van der Waals surface area contributed by atoms with E-state index in [4.69, 9.17) is 12.9 Å². The van der Waals surface area contributed by atoms with E-state index in [1.54, 1.807) is 0 Å². The van der Waals surface area contributed by atoms with E-state index in [1.807, 2.05) is 7.05 Å². The summed E-state index contributed by atoms with van der Waals surface area (Å²) < 4.78 is 13.3. The second-order valence-corrected chi connectivity index (χ2v) is 5.53. The summed E-state index contributed by atoms with van der Waals surface area (Å²) in [6, 6.07) is 0.382. The quantitative estimate of drug-likeness (QED) is 0.437. The highest BCUT2D eigenvalue weighted by atomic mass is 32.5. The summed E-state index contributed by atoms with van der Waals surface area (Å²) in [4.78, 5) is 0. The molecular weight excluding hydrogens is 212 g/mol. The molecule has 1 fully saturated rings. The first-order valence-electron chi connectivity index (χ1n) is 5.55. The first-order valence-corrected chi connectivity index (χ1v) is 7.45. The average molecular weight is 232 g/mol. The van der Waals surface area contributed by atoms with Crippen molar-refractivity contribution in [1.82, 2.24) is 5.32 Å². The molecule has 2 nitrogen and oxygen atoms in total. The SMILES string of the molecule is [2H]S(O[C@@H]1[C@H](C)[C@@H](CC)C[C@H]1NC)=P[B]. The van der Waals surface area contributed by atoms with E-state index in [9.17, 15) is 0 Å². The molecular formula is C9H19BNOPS. The zero-order valence-corrected chi connectivity index (χ0v) is 10.8. The molecule has 0 aromatic heterocycles. The van der Waals surface area contributed by atoms with Gasteiger partial charge in [0.15, 0.2) is 7.57 Å². The number of rotatable bonds is 4. The number of likely N-dealkylation sites (N-methyl/N-ethyl adjacent to an activating group) is 1. The largest absolute Gasteiger partial charge is 0.317 e. The Kier molecular flexibility index (Phi) is 4.98. The maximum Gasteiger partial charge on any atom is 0.161 e. The van der Waals surface area contributed by atoms with Gasteiger partial charge < -0.3 is 9.50 Å². The molecule has 0 aromatic rings. The van der Waals surface area contributed by atoms with E-state index in [-0.39, 0.29) is 6.10 Å². The summed E-state index contributed by atoms with van der Waals surface area (Å²) in [5.41, 5.74) is 0. The smallest absolute Gasteiger partial charge is 0.161 e. The van der Waals surface area contributed by atoms with Crippen LogP contribution in [0.15, 0.2) is 0 Å². The van der Waals surface area contributed by atoms with Crippen LogP contribution in [0.4, 0.5) is 0 Å². The van der Waals surface area contributed by atoms with Crippen LogP contribution < -0.4 is 5.32 Å². The van der Waals surface area contributed by atoms with Gasteiger partial charge in [-0.05, 0) is 25.3 Å². The standard InChI is InChI=1S/C9H19BNOPS/c1-4-7-5-8(11-3)9(6(7)2)12-14-13-10/h6-9,11,14H,4-5H2,1-3H3/t6-,7+,8-,9-/m1/s1/i14D. The Hall–Kier alpha value is 0.635. The van der Waals surface area contributed by atoms with Crippen molar-refractivity contribution in [2.45, 2.75) is 38.8 Å². The van der Waals surface area contributed by atoms with E-state index < -0.39 is 11.1 Å². The molecule has 80 valence electrons. The zero-order chi connectivity index (χ0) is 11.4. The maximum absolute atomic E-state index is 7.60. The predicted molar refractivity (Wildman–Crippen MR) is 66.7 cm³/mol. The molecule has 14 heavy (non-hydrogen) atoms. The summed E-state index contributed by atoms with van der Waals surface area (Å²) in [6.07, 6.45) is 2.49. The van der Waals surface area contributed by atoms with Crippen molar-refractivity contribution in [3.8, 4) is 0 Å². The Morgan fingerprint density at radius 2 is 2.50 bits per heavy atom. The third-order valence-corrected chi connectivity index (χ3v) is 4.22. The highest BCUT2D eigenvalue weighted by molar-refractivity contribution is 8.14. The van der Waals surface area contributed by atoms with Gasteiger partial charge in [-0.2, -0.15) is 0 Å². The van der Waals surface area contributed by atoms with Gasteiger partial charge in [0.05, 0.1) is 6.10 Å². The third kappa shape index (κ3) is 2.82. The van der Waals surface area contributed by atoms with Gasteiger partial charge in [0, 0.05) is 6.04 Å². The lowest BCUT2D eigenvalue weighted by molar-refractivity contribution is 0.160. The van der Waals surface area contributed by atoms with Crippen LogP contribution in [0.1, 0.15) is 26.7 Å². The maximum atomic E-state index is 7.60. The highest BCUT2D eigenvalue weighted by Crippen LogP contribution is 2.36. The van der Waals surface area contributed by atoms with Crippen molar-refractivity contribution in [3.05, 3.63) is 0 Å². The van der Waals surface area contributed by atoms with Crippen molar-refractivity contribution in [2.24, 2.45) is 11.8 Å². The summed E-state index contributed by atoms with van der Waals surface area (Å²) >= 11 is -0.867. The molecule has 1 aliphatic rings. The van der Waals surface area contributed by atoms with Crippen molar-refractivity contribution >= 4 is 25.9 Å². The molecule has 0 amide bonds. The molecule has 1 N–H and O–H groups in total. The van der Waals surface area contributed by atoms with Crippen LogP contribution >= 0.6 is 7.23 Å². The minimum Gasteiger partial charge on any atom is -0.317 e. The van der Waals surface area contributed by atoms with Gasteiger partial charge in [-0.15, -0.1) is 7.23 Å². The average Bonchev–Trinajstić information content (AvgIpc) is 2.55. The van der Waals surface area contributed by atoms with Gasteiger partial charge in [0.1, 0.15) is 1.12 Å². The predicted octanol–water partition coefficient (Wildman–Crippen LogP) is 1.70. The number of nitrogens with one attached hydrogen (secondary N) is 1. The molecule has 2 radical (unpaired) electrons.